The normalized spacial score (nSPS) is 22.7. The lowest BCUT2D eigenvalue weighted by Gasteiger charge is -2.35. The van der Waals surface area contributed by atoms with Crippen LogP contribution in [0.25, 0.3) is 6.08 Å². The van der Waals surface area contributed by atoms with Gasteiger partial charge in [0, 0.05) is 11.5 Å². The summed E-state index contributed by atoms with van der Waals surface area (Å²) < 4.78 is 0. The molecule has 1 aliphatic carbocycles. The Morgan fingerprint density at radius 1 is 0.767 bits per heavy atom. The summed E-state index contributed by atoms with van der Waals surface area (Å²) in [5.74, 6) is -0.185. The van der Waals surface area contributed by atoms with Gasteiger partial charge in [-0.15, -0.1) is 0 Å². The predicted molar refractivity (Wildman–Crippen MR) is 185 cm³/mol. The largest absolute Gasteiger partial charge is 0.508 e. The molecular weight excluding hydrogens is 528 g/mol. The zero-order valence-electron chi connectivity index (χ0n) is 28.0. The first-order chi connectivity index (χ1) is 20.1. The number of aliphatic hydroxyl groups excluding tert-OH is 2. The maximum absolute atomic E-state index is 13.0. The van der Waals surface area contributed by atoms with E-state index in [1.54, 1.807) is 13.0 Å². The number of hydrogen-bond acceptors (Lipinski definition) is 3. The van der Waals surface area contributed by atoms with E-state index in [4.69, 9.17) is 0 Å². The minimum Gasteiger partial charge on any atom is -0.508 e. The van der Waals surface area contributed by atoms with Crippen LogP contribution in [0.4, 0.5) is 0 Å². The lowest BCUT2D eigenvalue weighted by atomic mass is 9.66. The van der Waals surface area contributed by atoms with Crippen molar-refractivity contribution in [2.75, 3.05) is 0 Å². The number of rotatable bonds is 11. The van der Waals surface area contributed by atoms with Crippen molar-refractivity contribution < 1.29 is 15.0 Å². The predicted octanol–water partition coefficient (Wildman–Crippen LogP) is 10.3. The van der Waals surface area contributed by atoms with Gasteiger partial charge < -0.3 is 10.2 Å². The van der Waals surface area contributed by atoms with Crippen molar-refractivity contribution in [2.45, 2.75) is 88.2 Å². The van der Waals surface area contributed by atoms with Crippen molar-refractivity contribution in [2.24, 2.45) is 10.8 Å². The summed E-state index contributed by atoms with van der Waals surface area (Å²) in [5.41, 5.74) is 8.24. The van der Waals surface area contributed by atoms with Gasteiger partial charge in [0.25, 0.3) is 0 Å². The van der Waals surface area contributed by atoms with Crippen LogP contribution in [0.3, 0.4) is 0 Å². The van der Waals surface area contributed by atoms with Crippen LogP contribution >= 0.6 is 0 Å². The number of aryl methyl sites for hydroxylation is 1. The lowest BCUT2D eigenvalue weighted by Crippen LogP contribution is -2.36. The Hall–Kier alpha value is -3.69. The number of ketones is 1. The highest BCUT2D eigenvalue weighted by atomic mass is 16.3. The van der Waals surface area contributed by atoms with Crippen molar-refractivity contribution in [1.82, 2.24) is 0 Å². The van der Waals surface area contributed by atoms with Crippen LogP contribution in [0.5, 0.6) is 0 Å². The van der Waals surface area contributed by atoms with Gasteiger partial charge >= 0.3 is 0 Å². The van der Waals surface area contributed by atoms with Crippen molar-refractivity contribution in [3.8, 4) is 0 Å². The van der Waals surface area contributed by atoms with E-state index in [0.717, 1.165) is 11.1 Å². The summed E-state index contributed by atoms with van der Waals surface area (Å²) in [6.45, 7) is 20.3. The Morgan fingerprint density at radius 3 is 1.86 bits per heavy atom. The number of allylic oxidation sites excluding steroid dienone is 16. The topological polar surface area (TPSA) is 57.5 Å². The third kappa shape index (κ3) is 10.2. The first-order valence-electron chi connectivity index (χ1n) is 15.2. The van der Waals surface area contributed by atoms with Crippen LogP contribution in [0, 0.1) is 31.6 Å². The summed E-state index contributed by atoms with van der Waals surface area (Å²) in [4.78, 5) is 13.0. The molecule has 0 aliphatic heterocycles. The molecule has 1 aromatic carbocycles. The third-order valence-electron chi connectivity index (χ3n) is 8.98. The number of carbonyl (C=O) groups excluding carboxylic acids is 1. The molecule has 1 fully saturated rings. The van der Waals surface area contributed by atoms with Crippen LogP contribution in [0.15, 0.2) is 113 Å². The number of aliphatic hydroxyl groups is 2. The Balaban J connectivity index is 1.93. The van der Waals surface area contributed by atoms with Gasteiger partial charge in [0.2, 0.25) is 0 Å². The summed E-state index contributed by atoms with van der Waals surface area (Å²) in [5, 5.41) is 20.6. The Morgan fingerprint density at radius 2 is 1.30 bits per heavy atom. The summed E-state index contributed by atoms with van der Waals surface area (Å²) in [7, 11) is 0. The zero-order valence-corrected chi connectivity index (χ0v) is 28.0. The van der Waals surface area contributed by atoms with Crippen molar-refractivity contribution in [3.63, 3.8) is 0 Å². The molecule has 2 rings (SSSR count). The second-order valence-corrected chi connectivity index (χ2v) is 12.9. The molecular formula is C40H52O3. The highest BCUT2D eigenvalue weighted by Gasteiger charge is 2.53. The van der Waals surface area contributed by atoms with Gasteiger partial charge in [-0.05, 0) is 94.5 Å². The molecule has 2 atom stereocenters. The molecule has 2 N–H and O–H groups in total. The van der Waals surface area contributed by atoms with Gasteiger partial charge in [0.15, 0.2) is 5.78 Å². The molecule has 1 aromatic rings. The standard InChI is InChI=1S/C40H52O3/c1-28(17-13-18-30(3)21-23-35-24-22-31(4)33(6)34(35)7)15-11-12-16-29(2)19-14-20-32(5)37(42)25-38(43)40(10)27-36(41)26-39(40,8)9/h11-25,36,41-42H,26-27H2,1-10H3/b12-11+,17-13+,19-14+,23-21+,28-15+,29-16+,30-18+,32-20+,37-25-/t36-,40-/m1/s1. The number of benzene rings is 1. The minimum atomic E-state index is -0.696. The first kappa shape index (κ1) is 35.5. The van der Waals surface area contributed by atoms with Gasteiger partial charge in [0.1, 0.15) is 5.76 Å². The SMILES string of the molecule is CC(/C=C/C=C(C)/C=C/c1ccc(C)c(C)c1C)=C\C=C\C=C(C)\C=C\C=C(C)\C(O)=C\C(=O)[C@@]1(C)C[C@H](O)CC1(C)C. The fourth-order valence-corrected chi connectivity index (χ4v) is 5.21. The maximum atomic E-state index is 13.0. The quantitative estimate of drug-likeness (QED) is 0.155. The summed E-state index contributed by atoms with van der Waals surface area (Å²) >= 11 is 0. The second kappa shape index (κ2) is 15.7. The van der Waals surface area contributed by atoms with Gasteiger partial charge in [-0.3, -0.25) is 4.79 Å². The Bertz CT molecular complexity index is 1450. The third-order valence-corrected chi connectivity index (χ3v) is 8.98. The van der Waals surface area contributed by atoms with E-state index in [9.17, 15) is 15.0 Å². The Kier molecular flexibility index (Phi) is 13.0. The van der Waals surface area contributed by atoms with E-state index in [0.29, 0.717) is 18.4 Å². The molecule has 230 valence electrons. The minimum absolute atomic E-state index is 0.0410. The van der Waals surface area contributed by atoms with Crippen molar-refractivity contribution >= 4 is 11.9 Å². The van der Waals surface area contributed by atoms with Gasteiger partial charge in [0.05, 0.1) is 6.10 Å². The van der Waals surface area contributed by atoms with Crippen LogP contribution in [-0.2, 0) is 4.79 Å². The van der Waals surface area contributed by atoms with E-state index in [2.05, 4.69) is 83.2 Å². The summed E-state index contributed by atoms with van der Waals surface area (Å²) in [6, 6.07) is 4.36. The molecule has 0 unspecified atom stereocenters. The molecule has 3 heteroatoms. The molecule has 3 nitrogen and oxygen atoms in total. The van der Waals surface area contributed by atoms with E-state index in [-0.39, 0.29) is 17.0 Å². The molecule has 0 heterocycles. The molecule has 0 saturated heterocycles. The highest BCUT2D eigenvalue weighted by Crippen LogP contribution is 2.53. The van der Waals surface area contributed by atoms with Crippen LogP contribution in [0.1, 0.15) is 83.6 Å². The average molecular weight is 581 g/mol. The van der Waals surface area contributed by atoms with Crippen molar-refractivity contribution in [1.29, 1.82) is 0 Å². The van der Waals surface area contributed by atoms with Crippen LogP contribution in [-0.4, -0.2) is 22.1 Å². The molecule has 0 radical (unpaired) electrons. The molecule has 0 bridgehead atoms. The van der Waals surface area contributed by atoms with Gasteiger partial charge in [-0.1, -0.05) is 123 Å². The molecule has 0 aromatic heterocycles. The van der Waals surface area contributed by atoms with E-state index in [1.165, 1.54) is 33.9 Å². The van der Waals surface area contributed by atoms with Gasteiger partial charge in [-0.2, -0.15) is 0 Å². The summed E-state index contributed by atoms with van der Waals surface area (Å²) in [6.07, 6.45) is 26.1. The maximum Gasteiger partial charge on any atom is 0.165 e. The second-order valence-electron chi connectivity index (χ2n) is 12.9. The average Bonchev–Trinajstić information content (AvgIpc) is 3.15. The van der Waals surface area contributed by atoms with E-state index in [1.807, 2.05) is 58.1 Å². The Labute approximate surface area is 260 Å². The fraction of sp³-hybridized carbons (Fsp3) is 0.375. The number of carbonyl (C=O) groups is 1. The van der Waals surface area contributed by atoms with Crippen LogP contribution in [0.2, 0.25) is 0 Å². The lowest BCUT2D eigenvalue weighted by molar-refractivity contribution is -0.127. The number of hydrogen-bond donors (Lipinski definition) is 2. The molecule has 1 aliphatic rings. The first-order valence-corrected chi connectivity index (χ1v) is 15.2. The van der Waals surface area contributed by atoms with Crippen LogP contribution < -0.4 is 0 Å². The smallest absolute Gasteiger partial charge is 0.165 e. The van der Waals surface area contributed by atoms with Gasteiger partial charge in [-0.25, -0.2) is 0 Å². The fourth-order valence-electron chi connectivity index (χ4n) is 5.21. The molecule has 0 amide bonds. The molecule has 0 spiro atoms. The van der Waals surface area contributed by atoms with E-state index < -0.39 is 11.5 Å². The molecule has 1 saturated carbocycles. The zero-order chi connectivity index (χ0) is 32.4. The highest BCUT2D eigenvalue weighted by molar-refractivity contribution is 5.96. The van der Waals surface area contributed by atoms with E-state index >= 15 is 0 Å². The molecule has 43 heavy (non-hydrogen) atoms. The monoisotopic (exact) mass is 580 g/mol. The van der Waals surface area contributed by atoms with Crippen molar-refractivity contribution in [3.05, 3.63) is 135 Å².